The molecule has 2 unspecified atom stereocenters. The number of fused-ring (bicyclic) bond motifs is 2. The van der Waals surface area contributed by atoms with Crippen molar-refractivity contribution in [3.63, 3.8) is 0 Å². The normalized spacial score (nSPS) is 26.8. The summed E-state index contributed by atoms with van der Waals surface area (Å²) in [6.07, 6.45) is -0.465. The summed E-state index contributed by atoms with van der Waals surface area (Å²) in [5, 5.41) is -0.112. The zero-order chi connectivity index (χ0) is 14.3. The zero-order valence-electron chi connectivity index (χ0n) is 11.0. The summed E-state index contributed by atoms with van der Waals surface area (Å²) in [6, 6.07) is 7.14. The molecule has 1 amide bonds. The third-order valence-corrected chi connectivity index (χ3v) is 6.78. The van der Waals surface area contributed by atoms with Crippen molar-refractivity contribution in [1.29, 1.82) is 0 Å². The fourth-order valence-corrected chi connectivity index (χ4v) is 6.60. The third kappa shape index (κ3) is 2.29. The van der Waals surface area contributed by atoms with E-state index in [1.807, 2.05) is 24.3 Å². The van der Waals surface area contributed by atoms with Crippen molar-refractivity contribution in [1.82, 2.24) is 0 Å². The molecule has 0 aliphatic carbocycles. The molecule has 1 aromatic carbocycles. The van der Waals surface area contributed by atoms with Gasteiger partial charge in [0, 0.05) is 10.1 Å². The summed E-state index contributed by atoms with van der Waals surface area (Å²) >= 11 is 1.54. The number of ether oxygens (including phenoxy) is 1. The number of anilines is 1. The molecule has 2 aliphatic rings. The van der Waals surface area contributed by atoms with Crippen molar-refractivity contribution in [3.8, 4) is 0 Å². The Morgan fingerprint density at radius 3 is 2.90 bits per heavy atom. The summed E-state index contributed by atoms with van der Waals surface area (Å²) in [7, 11) is -3.10. The van der Waals surface area contributed by atoms with Crippen LogP contribution in [0.5, 0.6) is 0 Å². The Labute approximate surface area is 122 Å². The maximum Gasteiger partial charge on any atom is 0.414 e. The van der Waals surface area contributed by atoms with E-state index in [9.17, 15) is 13.2 Å². The summed E-state index contributed by atoms with van der Waals surface area (Å²) in [5.41, 5.74) is 0.745. The van der Waals surface area contributed by atoms with Crippen LogP contribution in [0.4, 0.5) is 10.5 Å². The van der Waals surface area contributed by atoms with E-state index in [1.54, 1.807) is 18.7 Å². The van der Waals surface area contributed by atoms with Gasteiger partial charge in [0.15, 0.2) is 9.84 Å². The van der Waals surface area contributed by atoms with Crippen molar-refractivity contribution >= 4 is 33.4 Å². The van der Waals surface area contributed by atoms with Crippen molar-refractivity contribution < 1.29 is 17.9 Å². The molecule has 7 heteroatoms. The Morgan fingerprint density at radius 1 is 1.40 bits per heavy atom. The topological polar surface area (TPSA) is 63.7 Å². The average Bonchev–Trinajstić information content (AvgIpc) is 2.69. The number of hydrogen-bond acceptors (Lipinski definition) is 5. The second kappa shape index (κ2) is 4.96. The number of carbonyl (C=O) groups is 1. The predicted molar refractivity (Wildman–Crippen MR) is 78.0 cm³/mol. The van der Waals surface area contributed by atoms with E-state index >= 15 is 0 Å². The van der Waals surface area contributed by atoms with E-state index in [0.29, 0.717) is 0 Å². The second-order valence-electron chi connectivity index (χ2n) is 4.84. The summed E-state index contributed by atoms with van der Waals surface area (Å²) < 4.78 is 28.9. The molecule has 3 rings (SSSR count). The van der Waals surface area contributed by atoms with Crippen LogP contribution in [0.1, 0.15) is 6.92 Å². The Balaban J connectivity index is 2.05. The smallest absolute Gasteiger partial charge is 0.414 e. The van der Waals surface area contributed by atoms with E-state index < -0.39 is 15.9 Å². The lowest BCUT2D eigenvalue weighted by molar-refractivity contribution is 0.157. The molecular formula is C13H15NO4S2. The quantitative estimate of drug-likeness (QED) is 0.792. The van der Waals surface area contributed by atoms with Gasteiger partial charge in [-0.15, -0.1) is 11.8 Å². The fourth-order valence-electron chi connectivity index (χ4n) is 2.67. The van der Waals surface area contributed by atoms with Crippen LogP contribution in [0.3, 0.4) is 0 Å². The molecule has 1 saturated heterocycles. The van der Waals surface area contributed by atoms with Crippen LogP contribution < -0.4 is 4.90 Å². The monoisotopic (exact) mass is 313 g/mol. The number of thioether (sulfide) groups is 1. The van der Waals surface area contributed by atoms with Crippen LogP contribution in [0, 0.1) is 0 Å². The Hall–Kier alpha value is -1.21. The zero-order valence-corrected chi connectivity index (χ0v) is 12.6. The minimum atomic E-state index is -3.10. The number of rotatable bonds is 1. The first-order chi connectivity index (χ1) is 9.52. The van der Waals surface area contributed by atoms with E-state index in [-0.39, 0.29) is 29.4 Å². The first kappa shape index (κ1) is 13.8. The molecule has 1 fully saturated rings. The molecule has 0 spiro atoms. The van der Waals surface area contributed by atoms with Gasteiger partial charge in [-0.2, -0.15) is 0 Å². The van der Waals surface area contributed by atoms with Crippen LogP contribution in [0.25, 0.3) is 0 Å². The number of benzene rings is 1. The highest BCUT2D eigenvalue weighted by atomic mass is 32.2. The van der Waals surface area contributed by atoms with Crippen LogP contribution in [-0.4, -0.2) is 43.9 Å². The first-order valence-electron chi connectivity index (χ1n) is 6.44. The molecule has 0 aromatic heterocycles. The Bertz CT molecular complexity index is 644. The van der Waals surface area contributed by atoms with E-state index in [2.05, 4.69) is 0 Å². The number of para-hydroxylation sites is 1. The van der Waals surface area contributed by atoms with Gasteiger partial charge < -0.3 is 4.74 Å². The fraction of sp³-hybridized carbons (Fsp3) is 0.462. The maximum atomic E-state index is 12.2. The number of hydrogen-bond donors (Lipinski definition) is 0. The lowest BCUT2D eigenvalue weighted by Crippen LogP contribution is -2.48. The Morgan fingerprint density at radius 2 is 2.15 bits per heavy atom. The van der Waals surface area contributed by atoms with Crippen LogP contribution in [-0.2, 0) is 14.6 Å². The molecule has 20 heavy (non-hydrogen) atoms. The minimum absolute atomic E-state index is 0.0117. The third-order valence-electron chi connectivity index (χ3n) is 3.47. The molecule has 0 bridgehead atoms. The van der Waals surface area contributed by atoms with Crippen molar-refractivity contribution in [3.05, 3.63) is 24.3 Å². The molecule has 1 aromatic rings. The molecule has 108 valence electrons. The van der Waals surface area contributed by atoms with E-state index in [4.69, 9.17) is 4.74 Å². The molecule has 2 atom stereocenters. The predicted octanol–water partition coefficient (Wildman–Crippen LogP) is 1.92. The van der Waals surface area contributed by atoms with Crippen LogP contribution >= 0.6 is 11.8 Å². The van der Waals surface area contributed by atoms with Gasteiger partial charge in [-0.25, -0.2) is 13.2 Å². The van der Waals surface area contributed by atoms with Gasteiger partial charge >= 0.3 is 6.09 Å². The van der Waals surface area contributed by atoms with E-state index in [0.717, 1.165) is 10.6 Å². The highest BCUT2D eigenvalue weighted by Gasteiger charge is 2.47. The number of amides is 1. The minimum Gasteiger partial charge on any atom is -0.449 e. The summed E-state index contributed by atoms with van der Waals surface area (Å²) in [4.78, 5) is 14.7. The van der Waals surface area contributed by atoms with Gasteiger partial charge in [0.2, 0.25) is 0 Å². The second-order valence-corrected chi connectivity index (χ2v) is 8.27. The van der Waals surface area contributed by atoms with Crippen molar-refractivity contribution in [2.75, 3.05) is 23.0 Å². The number of sulfone groups is 1. The van der Waals surface area contributed by atoms with E-state index in [1.165, 1.54) is 4.90 Å². The van der Waals surface area contributed by atoms with Gasteiger partial charge in [-0.05, 0) is 19.1 Å². The highest BCUT2D eigenvalue weighted by molar-refractivity contribution is 8.02. The van der Waals surface area contributed by atoms with Crippen LogP contribution in [0.2, 0.25) is 0 Å². The van der Waals surface area contributed by atoms with Gasteiger partial charge in [0.05, 0.1) is 29.8 Å². The summed E-state index contributed by atoms with van der Waals surface area (Å²) in [6.45, 7) is 2.01. The SMILES string of the molecule is CCOC(=O)N1c2ccccc2SC2CS(=O)(=O)CC21. The molecule has 0 radical (unpaired) electrons. The number of nitrogens with zero attached hydrogens (tertiary/aromatic N) is 1. The molecule has 2 heterocycles. The summed E-state index contributed by atoms with van der Waals surface area (Å²) in [5.74, 6) is 0.129. The molecule has 5 nitrogen and oxygen atoms in total. The standard InChI is InChI=1S/C13H15NO4S2/c1-2-18-13(15)14-9-5-3-4-6-11(9)19-12-8-20(16,17)7-10(12)14/h3-6,10,12H,2,7-8H2,1H3. The first-order valence-corrected chi connectivity index (χ1v) is 9.14. The van der Waals surface area contributed by atoms with Crippen molar-refractivity contribution in [2.24, 2.45) is 0 Å². The van der Waals surface area contributed by atoms with Gasteiger partial charge in [0.25, 0.3) is 0 Å². The van der Waals surface area contributed by atoms with Crippen LogP contribution in [0.15, 0.2) is 29.2 Å². The highest BCUT2D eigenvalue weighted by Crippen LogP contribution is 2.45. The Kier molecular flexibility index (Phi) is 3.41. The molecule has 0 N–H and O–H groups in total. The maximum absolute atomic E-state index is 12.2. The van der Waals surface area contributed by atoms with Gasteiger partial charge in [0.1, 0.15) is 0 Å². The molecule has 2 aliphatic heterocycles. The lowest BCUT2D eigenvalue weighted by atomic mass is 10.2. The molecule has 0 saturated carbocycles. The van der Waals surface area contributed by atoms with Crippen molar-refractivity contribution in [2.45, 2.75) is 23.1 Å². The largest absolute Gasteiger partial charge is 0.449 e. The van der Waals surface area contributed by atoms with Gasteiger partial charge in [-0.3, -0.25) is 4.90 Å². The van der Waals surface area contributed by atoms with Gasteiger partial charge in [-0.1, -0.05) is 12.1 Å². The lowest BCUT2D eigenvalue weighted by Gasteiger charge is -2.36. The number of carbonyl (C=O) groups excluding carboxylic acids is 1. The average molecular weight is 313 g/mol. The molecular weight excluding hydrogens is 298 g/mol.